The van der Waals surface area contributed by atoms with E-state index in [1.165, 1.54) is 4.90 Å². The minimum atomic E-state index is -0.552. The van der Waals surface area contributed by atoms with Gasteiger partial charge in [0.05, 0.1) is 0 Å². The molecule has 17 heavy (non-hydrogen) atoms. The number of amides is 2. The van der Waals surface area contributed by atoms with Crippen LogP contribution in [0.4, 0.5) is 4.79 Å². The summed E-state index contributed by atoms with van der Waals surface area (Å²) in [7, 11) is 0. The predicted molar refractivity (Wildman–Crippen MR) is 63.1 cm³/mol. The van der Waals surface area contributed by atoms with Gasteiger partial charge in [-0.2, -0.15) is 0 Å². The van der Waals surface area contributed by atoms with Crippen LogP contribution < -0.4 is 5.73 Å². The van der Waals surface area contributed by atoms with Crippen LogP contribution in [0.1, 0.15) is 12.5 Å². The summed E-state index contributed by atoms with van der Waals surface area (Å²) in [6, 6.07) is 9.33. The van der Waals surface area contributed by atoms with E-state index >= 15 is 0 Å². The monoisotopic (exact) mass is 236 g/mol. The number of rotatable bonds is 5. The Morgan fingerprint density at radius 1 is 1.29 bits per heavy atom. The average molecular weight is 236 g/mol. The molecule has 2 amide bonds. The average Bonchev–Trinajstić information content (AvgIpc) is 2.34. The number of benzene rings is 1. The first kappa shape index (κ1) is 13.0. The standard InChI is InChI=1S/C12H16N2O3/c1-2-14(8-11(13)15)12(16)17-9-10-6-4-3-5-7-10/h3-7H,2,8-9H2,1H3,(H2,13,15). The van der Waals surface area contributed by atoms with Gasteiger partial charge in [-0.1, -0.05) is 30.3 Å². The second-order valence-electron chi connectivity index (χ2n) is 3.52. The molecule has 1 aromatic rings. The van der Waals surface area contributed by atoms with Crippen molar-refractivity contribution in [3.63, 3.8) is 0 Å². The molecular formula is C12H16N2O3. The molecular weight excluding hydrogens is 220 g/mol. The van der Waals surface area contributed by atoms with Crippen molar-refractivity contribution >= 4 is 12.0 Å². The number of carbonyl (C=O) groups excluding carboxylic acids is 2. The lowest BCUT2D eigenvalue weighted by Crippen LogP contribution is -2.38. The smallest absolute Gasteiger partial charge is 0.410 e. The van der Waals surface area contributed by atoms with Crippen molar-refractivity contribution in [1.29, 1.82) is 0 Å². The van der Waals surface area contributed by atoms with Crippen LogP contribution in [0.25, 0.3) is 0 Å². The van der Waals surface area contributed by atoms with Crippen LogP contribution in [-0.4, -0.2) is 30.0 Å². The second-order valence-corrected chi connectivity index (χ2v) is 3.52. The zero-order valence-electron chi connectivity index (χ0n) is 9.76. The van der Waals surface area contributed by atoms with E-state index in [0.29, 0.717) is 6.54 Å². The largest absolute Gasteiger partial charge is 0.445 e. The number of hydrogen-bond donors (Lipinski definition) is 1. The molecule has 0 aliphatic heterocycles. The molecule has 0 heterocycles. The number of primary amides is 1. The van der Waals surface area contributed by atoms with Crippen molar-refractivity contribution in [3.8, 4) is 0 Å². The van der Waals surface area contributed by atoms with Crippen molar-refractivity contribution in [2.75, 3.05) is 13.1 Å². The van der Waals surface area contributed by atoms with E-state index in [1.807, 2.05) is 30.3 Å². The molecule has 0 fully saturated rings. The molecule has 0 aromatic heterocycles. The minimum absolute atomic E-state index is 0.121. The third kappa shape index (κ3) is 4.55. The molecule has 0 saturated heterocycles. The van der Waals surface area contributed by atoms with Gasteiger partial charge < -0.3 is 10.5 Å². The van der Waals surface area contributed by atoms with E-state index < -0.39 is 12.0 Å². The first-order valence-corrected chi connectivity index (χ1v) is 5.37. The summed E-state index contributed by atoms with van der Waals surface area (Å²) in [6.45, 7) is 2.21. The van der Waals surface area contributed by atoms with Crippen LogP contribution >= 0.6 is 0 Å². The summed E-state index contributed by atoms with van der Waals surface area (Å²) in [4.78, 5) is 23.6. The number of nitrogens with two attached hydrogens (primary N) is 1. The van der Waals surface area contributed by atoms with Gasteiger partial charge in [-0.15, -0.1) is 0 Å². The van der Waals surface area contributed by atoms with E-state index in [4.69, 9.17) is 10.5 Å². The number of likely N-dealkylation sites (N-methyl/N-ethyl adjacent to an activating group) is 1. The molecule has 5 nitrogen and oxygen atoms in total. The molecule has 2 N–H and O–H groups in total. The van der Waals surface area contributed by atoms with Crippen LogP contribution in [0, 0.1) is 0 Å². The van der Waals surface area contributed by atoms with Gasteiger partial charge in [0.2, 0.25) is 5.91 Å². The normalized spacial score (nSPS) is 9.71. The van der Waals surface area contributed by atoms with Gasteiger partial charge in [-0.25, -0.2) is 4.79 Å². The van der Waals surface area contributed by atoms with Crippen molar-refractivity contribution in [3.05, 3.63) is 35.9 Å². The van der Waals surface area contributed by atoms with E-state index in [9.17, 15) is 9.59 Å². The third-order valence-corrected chi connectivity index (χ3v) is 2.19. The minimum Gasteiger partial charge on any atom is -0.445 e. The molecule has 0 spiro atoms. The maximum atomic E-state index is 11.6. The van der Waals surface area contributed by atoms with Crippen LogP contribution in [0.2, 0.25) is 0 Å². The first-order valence-electron chi connectivity index (χ1n) is 5.37. The lowest BCUT2D eigenvalue weighted by molar-refractivity contribution is -0.118. The Labute approximate surface area is 100 Å². The Hall–Kier alpha value is -2.04. The molecule has 0 saturated carbocycles. The summed E-state index contributed by atoms with van der Waals surface area (Å²) in [5, 5.41) is 0. The van der Waals surface area contributed by atoms with Gasteiger partial charge >= 0.3 is 6.09 Å². The predicted octanol–water partition coefficient (Wildman–Crippen LogP) is 1.13. The van der Waals surface area contributed by atoms with Gasteiger partial charge in [-0.3, -0.25) is 9.69 Å². The van der Waals surface area contributed by atoms with E-state index in [-0.39, 0.29) is 13.2 Å². The number of nitrogens with zero attached hydrogens (tertiary/aromatic N) is 1. The van der Waals surface area contributed by atoms with Crippen LogP contribution in [0.3, 0.4) is 0 Å². The summed E-state index contributed by atoms with van der Waals surface area (Å²) in [6.07, 6.45) is -0.532. The van der Waals surface area contributed by atoms with E-state index in [0.717, 1.165) is 5.56 Å². The highest BCUT2D eigenvalue weighted by Crippen LogP contribution is 2.02. The maximum absolute atomic E-state index is 11.6. The quantitative estimate of drug-likeness (QED) is 0.832. The molecule has 0 aliphatic rings. The van der Waals surface area contributed by atoms with Gasteiger partial charge in [-0.05, 0) is 12.5 Å². The van der Waals surface area contributed by atoms with Gasteiger partial charge in [0, 0.05) is 6.54 Å². The van der Waals surface area contributed by atoms with Crippen molar-refractivity contribution < 1.29 is 14.3 Å². The fourth-order valence-electron chi connectivity index (χ4n) is 1.30. The highest BCUT2D eigenvalue weighted by Gasteiger charge is 2.14. The molecule has 0 radical (unpaired) electrons. The van der Waals surface area contributed by atoms with E-state index in [2.05, 4.69) is 0 Å². The molecule has 92 valence electrons. The Bertz CT molecular complexity index is 379. The Kier molecular flexibility index (Phi) is 5.00. The number of ether oxygens (including phenoxy) is 1. The SMILES string of the molecule is CCN(CC(N)=O)C(=O)OCc1ccccc1. The number of hydrogen-bond acceptors (Lipinski definition) is 3. The summed E-state index contributed by atoms with van der Waals surface area (Å²) in [5.41, 5.74) is 5.92. The summed E-state index contributed by atoms with van der Waals surface area (Å²) >= 11 is 0. The first-order chi connectivity index (χ1) is 8.13. The topological polar surface area (TPSA) is 72.6 Å². The molecule has 1 aromatic carbocycles. The Morgan fingerprint density at radius 3 is 2.47 bits per heavy atom. The van der Waals surface area contributed by atoms with Gasteiger partial charge in [0.15, 0.2) is 0 Å². The summed E-state index contributed by atoms with van der Waals surface area (Å²) in [5.74, 6) is -0.552. The van der Waals surface area contributed by atoms with Crippen molar-refractivity contribution in [1.82, 2.24) is 4.90 Å². The molecule has 1 rings (SSSR count). The zero-order chi connectivity index (χ0) is 12.7. The number of carbonyl (C=O) groups is 2. The molecule has 0 atom stereocenters. The molecule has 0 unspecified atom stereocenters. The Balaban J connectivity index is 2.45. The van der Waals surface area contributed by atoms with Crippen LogP contribution in [0.15, 0.2) is 30.3 Å². The third-order valence-electron chi connectivity index (χ3n) is 2.19. The van der Waals surface area contributed by atoms with E-state index in [1.54, 1.807) is 6.92 Å². The fraction of sp³-hybridized carbons (Fsp3) is 0.333. The zero-order valence-corrected chi connectivity index (χ0v) is 9.76. The van der Waals surface area contributed by atoms with Crippen LogP contribution in [-0.2, 0) is 16.1 Å². The highest BCUT2D eigenvalue weighted by atomic mass is 16.6. The maximum Gasteiger partial charge on any atom is 0.410 e. The van der Waals surface area contributed by atoms with Gasteiger partial charge in [0.25, 0.3) is 0 Å². The molecule has 0 aliphatic carbocycles. The van der Waals surface area contributed by atoms with Gasteiger partial charge in [0.1, 0.15) is 13.2 Å². The lowest BCUT2D eigenvalue weighted by atomic mass is 10.2. The second kappa shape index (κ2) is 6.52. The summed E-state index contributed by atoms with van der Waals surface area (Å²) < 4.78 is 5.06. The molecule has 0 bridgehead atoms. The lowest BCUT2D eigenvalue weighted by Gasteiger charge is -2.18. The molecule has 5 heteroatoms. The Morgan fingerprint density at radius 2 is 1.94 bits per heavy atom. The van der Waals surface area contributed by atoms with Crippen molar-refractivity contribution in [2.24, 2.45) is 5.73 Å². The fourth-order valence-corrected chi connectivity index (χ4v) is 1.30. The van der Waals surface area contributed by atoms with Crippen molar-refractivity contribution in [2.45, 2.75) is 13.5 Å². The van der Waals surface area contributed by atoms with Crippen LogP contribution in [0.5, 0.6) is 0 Å². The highest BCUT2D eigenvalue weighted by molar-refractivity contribution is 5.80.